The molecule has 0 aliphatic heterocycles. The maximum absolute atomic E-state index is 11.9. The zero-order valence-corrected chi connectivity index (χ0v) is 15.2. The van der Waals surface area contributed by atoms with Gasteiger partial charge in [0.05, 0.1) is 0 Å². The fourth-order valence-corrected chi connectivity index (χ4v) is 3.11. The largest absolute Gasteiger partial charge is 0.361 e. The molecule has 0 amide bonds. The van der Waals surface area contributed by atoms with Crippen LogP contribution in [0.4, 0.5) is 5.69 Å². The summed E-state index contributed by atoms with van der Waals surface area (Å²) >= 11 is 0. The second-order valence-corrected chi connectivity index (χ2v) is 7.44. The lowest BCUT2D eigenvalue weighted by Gasteiger charge is -2.28. The van der Waals surface area contributed by atoms with Crippen molar-refractivity contribution in [2.24, 2.45) is 0 Å². The molecule has 0 spiro atoms. The summed E-state index contributed by atoms with van der Waals surface area (Å²) in [7, 11) is 1.95. The number of anilines is 1. The van der Waals surface area contributed by atoms with Crippen LogP contribution in [0.5, 0.6) is 0 Å². The number of nitrogens with zero attached hydrogens (tertiary/aromatic N) is 2. The Morgan fingerprint density at radius 3 is 2.32 bits per heavy atom. The minimum Gasteiger partial charge on any atom is -0.361 e. The summed E-state index contributed by atoms with van der Waals surface area (Å²) in [5.41, 5.74) is 3.33. The third-order valence-corrected chi connectivity index (χ3v) is 4.70. The summed E-state index contributed by atoms with van der Waals surface area (Å²) in [4.78, 5) is 18.2. The van der Waals surface area contributed by atoms with Crippen LogP contribution in [0.2, 0.25) is 0 Å². The van der Waals surface area contributed by atoms with Crippen molar-refractivity contribution < 1.29 is 4.79 Å². The SMILES string of the molecule is CN(c1ccc(C(C)(C)C)cc1)C(C=O)c1cncc2ccccc12. The topological polar surface area (TPSA) is 33.2 Å². The van der Waals surface area contributed by atoms with Crippen molar-refractivity contribution in [3.8, 4) is 0 Å². The van der Waals surface area contributed by atoms with E-state index >= 15 is 0 Å². The Bertz CT molecular complexity index is 873. The number of likely N-dealkylation sites (N-methyl/N-ethyl adjacent to an activating group) is 1. The molecule has 3 nitrogen and oxygen atoms in total. The Morgan fingerprint density at radius 1 is 1.00 bits per heavy atom. The standard InChI is InChI=1S/C22H24N2O/c1-22(2,3)17-9-11-18(12-10-17)24(4)21(15-25)20-14-23-13-16-7-5-6-8-19(16)20/h5-15,21H,1-4H3. The highest BCUT2D eigenvalue weighted by atomic mass is 16.1. The Labute approximate surface area is 149 Å². The molecule has 3 rings (SSSR count). The first-order valence-corrected chi connectivity index (χ1v) is 8.53. The molecular formula is C22H24N2O. The van der Waals surface area contributed by atoms with Crippen LogP contribution >= 0.6 is 0 Å². The number of rotatable bonds is 4. The Hall–Kier alpha value is -2.68. The summed E-state index contributed by atoms with van der Waals surface area (Å²) in [5, 5.41) is 2.11. The average Bonchev–Trinajstić information content (AvgIpc) is 2.62. The van der Waals surface area contributed by atoms with E-state index in [2.05, 4.69) is 50.0 Å². The first kappa shape index (κ1) is 17.2. The van der Waals surface area contributed by atoms with Gasteiger partial charge < -0.3 is 9.69 Å². The van der Waals surface area contributed by atoms with Crippen molar-refractivity contribution in [2.45, 2.75) is 32.2 Å². The predicted octanol–water partition coefficient (Wildman–Crippen LogP) is 4.91. The number of aldehydes is 1. The second-order valence-electron chi connectivity index (χ2n) is 7.44. The van der Waals surface area contributed by atoms with Gasteiger partial charge in [-0.3, -0.25) is 4.98 Å². The fraction of sp³-hybridized carbons (Fsp3) is 0.273. The van der Waals surface area contributed by atoms with Gasteiger partial charge in [0.15, 0.2) is 0 Å². The van der Waals surface area contributed by atoms with Crippen LogP contribution in [0, 0.1) is 0 Å². The quantitative estimate of drug-likeness (QED) is 0.637. The third-order valence-electron chi connectivity index (χ3n) is 4.70. The lowest BCUT2D eigenvalue weighted by molar-refractivity contribution is -0.109. The van der Waals surface area contributed by atoms with Crippen molar-refractivity contribution in [3.05, 3.63) is 72.1 Å². The highest BCUT2D eigenvalue weighted by Gasteiger charge is 2.20. The van der Waals surface area contributed by atoms with Crippen LogP contribution in [0.15, 0.2) is 60.9 Å². The molecule has 3 aromatic rings. The molecule has 128 valence electrons. The molecule has 3 heteroatoms. The molecule has 1 heterocycles. The number of benzene rings is 2. The van der Waals surface area contributed by atoms with Crippen LogP contribution in [-0.4, -0.2) is 18.3 Å². The number of hydrogen-bond donors (Lipinski definition) is 0. The fourth-order valence-electron chi connectivity index (χ4n) is 3.11. The van der Waals surface area contributed by atoms with Gasteiger partial charge in [0.2, 0.25) is 0 Å². The van der Waals surface area contributed by atoms with Gasteiger partial charge in [0, 0.05) is 36.1 Å². The number of carbonyl (C=O) groups excluding carboxylic acids is 1. The van der Waals surface area contributed by atoms with E-state index < -0.39 is 0 Å². The number of carbonyl (C=O) groups is 1. The zero-order valence-electron chi connectivity index (χ0n) is 15.2. The second kappa shape index (κ2) is 6.67. The van der Waals surface area contributed by atoms with Crippen LogP contribution < -0.4 is 4.90 Å². The summed E-state index contributed by atoms with van der Waals surface area (Å²) < 4.78 is 0. The predicted molar refractivity (Wildman–Crippen MR) is 104 cm³/mol. The molecule has 0 radical (unpaired) electrons. The van der Waals surface area contributed by atoms with Gasteiger partial charge in [0.1, 0.15) is 12.3 Å². The Kier molecular flexibility index (Phi) is 4.58. The Balaban J connectivity index is 1.99. The van der Waals surface area contributed by atoms with E-state index in [0.717, 1.165) is 28.3 Å². The van der Waals surface area contributed by atoms with Gasteiger partial charge in [-0.05, 0) is 28.5 Å². The summed E-state index contributed by atoms with van der Waals surface area (Å²) in [5.74, 6) is 0. The molecule has 0 aliphatic rings. The number of hydrogen-bond acceptors (Lipinski definition) is 3. The van der Waals surface area contributed by atoms with E-state index in [-0.39, 0.29) is 11.5 Å². The molecule has 0 saturated carbocycles. The molecule has 2 aromatic carbocycles. The molecule has 1 aromatic heterocycles. The molecule has 25 heavy (non-hydrogen) atoms. The molecule has 1 atom stereocenters. The van der Waals surface area contributed by atoms with Crippen molar-refractivity contribution in [2.75, 3.05) is 11.9 Å². The minimum absolute atomic E-state index is 0.112. The number of fused-ring (bicyclic) bond motifs is 1. The van der Waals surface area contributed by atoms with Gasteiger partial charge in [-0.25, -0.2) is 0 Å². The molecule has 0 bridgehead atoms. The van der Waals surface area contributed by atoms with E-state index in [4.69, 9.17) is 0 Å². The lowest BCUT2D eigenvalue weighted by Crippen LogP contribution is -2.25. The lowest BCUT2D eigenvalue weighted by atomic mass is 9.87. The van der Waals surface area contributed by atoms with Crippen LogP contribution in [-0.2, 0) is 10.2 Å². The van der Waals surface area contributed by atoms with Gasteiger partial charge in [-0.2, -0.15) is 0 Å². The van der Waals surface area contributed by atoms with Crippen molar-refractivity contribution in [3.63, 3.8) is 0 Å². The minimum atomic E-state index is -0.376. The van der Waals surface area contributed by atoms with Crippen LogP contribution in [0.3, 0.4) is 0 Å². The van der Waals surface area contributed by atoms with E-state index in [9.17, 15) is 4.79 Å². The van der Waals surface area contributed by atoms with Crippen LogP contribution in [0.25, 0.3) is 10.8 Å². The average molecular weight is 332 g/mol. The summed E-state index contributed by atoms with van der Waals surface area (Å²) in [6.07, 6.45) is 4.61. The molecule has 0 fully saturated rings. The number of pyridine rings is 1. The normalized spacial score (nSPS) is 12.8. The third kappa shape index (κ3) is 3.41. The van der Waals surface area contributed by atoms with Gasteiger partial charge >= 0.3 is 0 Å². The maximum atomic E-state index is 11.9. The highest BCUT2D eigenvalue weighted by Crippen LogP contribution is 2.30. The first-order valence-electron chi connectivity index (χ1n) is 8.53. The molecular weight excluding hydrogens is 308 g/mol. The van der Waals surface area contributed by atoms with Crippen molar-refractivity contribution in [1.29, 1.82) is 0 Å². The molecule has 1 unspecified atom stereocenters. The molecule has 0 saturated heterocycles. The number of aromatic nitrogens is 1. The van der Waals surface area contributed by atoms with Crippen LogP contribution in [0.1, 0.15) is 37.9 Å². The van der Waals surface area contributed by atoms with Gasteiger partial charge in [-0.15, -0.1) is 0 Å². The maximum Gasteiger partial charge on any atom is 0.147 e. The van der Waals surface area contributed by atoms with Gasteiger partial charge in [0.25, 0.3) is 0 Å². The summed E-state index contributed by atoms with van der Waals surface area (Å²) in [6.45, 7) is 6.59. The monoisotopic (exact) mass is 332 g/mol. The molecule has 0 N–H and O–H groups in total. The highest BCUT2D eigenvalue weighted by molar-refractivity contribution is 5.88. The Morgan fingerprint density at radius 2 is 1.68 bits per heavy atom. The van der Waals surface area contributed by atoms with Crippen molar-refractivity contribution >= 4 is 22.7 Å². The van der Waals surface area contributed by atoms with E-state index in [1.165, 1.54) is 5.56 Å². The van der Waals surface area contributed by atoms with E-state index in [1.807, 2.05) is 42.4 Å². The van der Waals surface area contributed by atoms with E-state index in [0.29, 0.717) is 0 Å². The van der Waals surface area contributed by atoms with Crippen molar-refractivity contribution in [1.82, 2.24) is 4.98 Å². The van der Waals surface area contributed by atoms with E-state index in [1.54, 1.807) is 6.20 Å². The zero-order chi connectivity index (χ0) is 18.0. The van der Waals surface area contributed by atoms with Gasteiger partial charge in [-0.1, -0.05) is 57.2 Å². The molecule has 0 aliphatic carbocycles. The first-order chi connectivity index (χ1) is 11.9. The smallest absolute Gasteiger partial charge is 0.147 e. The summed E-state index contributed by atoms with van der Waals surface area (Å²) in [6, 6.07) is 16.1.